The quantitative estimate of drug-likeness (QED) is 0.322. The van der Waals surface area contributed by atoms with E-state index in [-0.39, 0.29) is 18.2 Å². The van der Waals surface area contributed by atoms with Crippen LogP contribution in [0.5, 0.6) is 0 Å². The molecule has 0 heterocycles. The van der Waals surface area contributed by atoms with Crippen molar-refractivity contribution in [1.29, 1.82) is 0 Å². The molecule has 0 aliphatic rings. The summed E-state index contributed by atoms with van der Waals surface area (Å²) in [5.41, 5.74) is -0.750. The van der Waals surface area contributed by atoms with Crippen LogP contribution in [0.1, 0.15) is 65.7 Å². The lowest BCUT2D eigenvalue weighted by Crippen LogP contribution is -2.32. The molecule has 0 saturated carbocycles. The highest BCUT2D eigenvalue weighted by Gasteiger charge is 2.35. The minimum Gasteiger partial charge on any atom is -0.466 e. The Labute approximate surface area is 117 Å². The zero-order chi connectivity index (χ0) is 14.7. The van der Waals surface area contributed by atoms with E-state index in [0.29, 0.717) is 19.4 Å². The third-order valence-electron chi connectivity index (χ3n) is 3.26. The van der Waals surface area contributed by atoms with Crippen molar-refractivity contribution in [3.05, 3.63) is 12.7 Å². The molecule has 0 bridgehead atoms. The van der Waals surface area contributed by atoms with E-state index < -0.39 is 5.41 Å². The molecular formula is C16H28O3. The second-order valence-corrected chi connectivity index (χ2v) is 5.30. The van der Waals surface area contributed by atoms with Crippen molar-refractivity contribution in [3.63, 3.8) is 0 Å². The van der Waals surface area contributed by atoms with E-state index in [9.17, 15) is 9.59 Å². The number of ketones is 1. The molecule has 19 heavy (non-hydrogen) atoms. The molecular weight excluding hydrogens is 240 g/mol. The van der Waals surface area contributed by atoms with Crippen LogP contribution in [0.4, 0.5) is 0 Å². The van der Waals surface area contributed by atoms with Gasteiger partial charge in [0.05, 0.1) is 12.0 Å². The summed E-state index contributed by atoms with van der Waals surface area (Å²) >= 11 is 0. The zero-order valence-electron chi connectivity index (χ0n) is 12.7. The monoisotopic (exact) mass is 268 g/mol. The number of carbonyl (C=O) groups excluding carboxylic acids is 2. The normalized spacial score (nSPS) is 13.6. The number of rotatable bonds is 11. The lowest BCUT2D eigenvalue weighted by Gasteiger charge is -2.25. The SMILES string of the molecule is C=CCC(C)(CC(=O)CCCCCC)C(=O)OCC. The Morgan fingerprint density at radius 2 is 1.89 bits per heavy atom. The molecule has 0 amide bonds. The Kier molecular flexibility index (Phi) is 9.19. The predicted octanol–water partition coefficient (Wildman–Crippen LogP) is 4.06. The van der Waals surface area contributed by atoms with Crippen molar-refractivity contribution in [1.82, 2.24) is 0 Å². The van der Waals surface area contributed by atoms with Gasteiger partial charge in [-0.25, -0.2) is 0 Å². The molecule has 3 heteroatoms. The second-order valence-electron chi connectivity index (χ2n) is 5.30. The number of esters is 1. The molecule has 0 fully saturated rings. The van der Waals surface area contributed by atoms with Crippen LogP contribution in [0.25, 0.3) is 0 Å². The van der Waals surface area contributed by atoms with Gasteiger partial charge in [-0.3, -0.25) is 9.59 Å². The maximum absolute atomic E-state index is 12.0. The Balaban J connectivity index is 4.35. The lowest BCUT2D eigenvalue weighted by molar-refractivity contribution is -0.156. The van der Waals surface area contributed by atoms with Crippen LogP contribution in [0.3, 0.4) is 0 Å². The van der Waals surface area contributed by atoms with Gasteiger partial charge in [-0.05, 0) is 26.7 Å². The van der Waals surface area contributed by atoms with E-state index in [0.717, 1.165) is 25.7 Å². The van der Waals surface area contributed by atoms with Crippen molar-refractivity contribution in [2.24, 2.45) is 5.41 Å². The number of carbonyl (C=O) groups is 2. The van der Waals surface area contributed by atoms with Crippen LogP contribution in [0, 0.1) is 5.41 Å². The van der Waals surface area contributed by atoms with Crippen molar-refractivity contribution in [3.8, 4) is 0 Å². The summed E-state index contributed by atoms with van der Waals surface area (Å²) in [6.07, 6.45) is 7.30. The fourth-order valence-electron chi connectivity index (χ4n) is 2.12. The molecule has 1 atom stereocenters. The Hall–Kier alpha value is -1.12. The zero-order valence-corrected chi connectivity index (χ0v) is 12.7. The Bertz CT molecular complexity index is 296. The third-order valence-corrected chi connectivity index (χ3v) is 3.26. The molecule has 0 spiro atoms. The summed E-state index contributed by atoms with van der Waals surface area (Å²) in [4.78, 5) is 23.9. The number of allylic oxidation sites excluding steroid dienone is 1. The number of hydrogen-bond donors (Lipinski definition) is 0. The number of hydrogen-bond acceptors (Lipinski definition) is 3. The first kappa shape index (κ1) is 17.9. The van der Waals surface area contributed by atoms with Gasteiger partial charge in [0, 0.05) is 12.8 Å². The first-order chi connectivity index (χ1) is 9.00. The largest absolute Gasteiger partial charge is 0.466 e. The van der Waals surface area contributed by atoms with Crippen molar-refractivity contribution in [2.75, 3.05) is 6.61 Å². The van der Waals surface area contributed by atoms with Crippen molar-refractivity contribution in [2.45, 2.75) is 65.7 Å². The molecule has 0 radical (unpaired) electrons. The van der Waals surface area contributed by atoms with Gasteiger partial charge in [0.15, 0.2) is 0 Å². The standard InChI is InChI=1S/C16H28O3/c1-5-8-9-10-11-14(17)13-16(4,12-6-2)15(18)19-7-3/h6H,2,5,7-13H2,1,3-4H3. The average molecular weight is 268 g/mol. The smallest absolute Gasteiger partial charge is 0.312 e. The first-order valence-electron chi connectivity index (χ1n) is 7.30. The van der Waals surface area contributed by atoms with E-state index in [1.54, 1.807) is 19.9 Å². The fourth-order valence-corrected chi connectivity index (χ4v) is 2.12. The van der Waals surface area contributed by atoms with Crippen LogP contribution >= 0.6 is 0 Å². The Morgan fingerprint density at radius 1 is 1.21 bits per heavy atom. The highest BCUT2D eigenvalue weighted by Crippen LogP contribution is 2.29. The molecule has 0 N–H and O–H groups in total. The first-order valence-corrected chi connectivity index (χ1v) is 7.30. The number of ether oxygens (including phenoxy) is 1. The van der Waals surface area contributed by atoms with Crippen LogP contribution < -0.4 is 0 Å². The van der Waals surface area contributed by atoms with Gasteiger partial charge in [0.1, 0.15) is 5.78 Å². The third kappa shape index (κ3) is 7.14. The van der Waals surface area contributed by atoms with E-state index >= 15 is 0 Å². The van der Waals surface area contributed by atoms with Gasteiger partial charge in [-0.15, -0.1) is 6.58 Å². The van der Waals surface area contributed by atoms with Gasteiger partial charge < -0.3 is 4.74 Å². The van der Waals surface area contributed by atoms with Gasteiger partial charge in [0.2, 0.25) is 0 Å². The molecule has 3 nitrogen and oxygen atoms in total. The number of Topliss-reactive ketones (excluding diaryl/α,β-unsaturated/α-hetero) is 1. The van der Waals surface area contributed by atoms with Gasteiger partial charge >= 0.3 is 5.97 Å². The second kappa shape index (κ2) is 9.76. The fraction of sp³-hybridized carbons (Fsp3) is 0.750. The minimum absolute atomic E-state index is 0.147. The summed E-state index contributed by atoms with van der Waals surface area (Å²) in [5, 5.41) is 0. The minimum atomic E-state index is -0.750. The van der Waals surface area contributed by atoms with Crippen molar-refractivity contribution < 1.29 is 14.3 Å². The maximum atomic E-state index is 12.0. The van der Waals surface area contributed by atoms with Gasteiger partial charge in [-0.1, -0.05) is 32.3 Å². The van der Waals surface area contributed by atoms with E-state index in [2.05, 4.69) is 13.5 Å². The molecule has 0 aromatic carbocycles. The topological polar surface area (TPSA) is 43.4 Å². The molecule has 0 aromatic rings. The summed E-state index contributed by atoms with van der Waals surface area (Å²) in [6.45, 7) is 9.71. The van der Waals surface area contributed by atoms with Crippen LogP contribution in [-0.4, -0.2) is 18.4 Å². The highest BCUT2D eigenvalue weighted by atomic mass is 16.5. The van der Waals surface area contributed by atoms with Gasteiger partial charge in [-0.2, -0.15) is 0 Å². The molecule has 0 saturated heterocycles. The molecule has 1 unspecified atom stereocenters. The summed E-state index contributed by atoms with van der Waals surface area (Å²) in [5.74, 6) is -0.148. The van der Waals surface area contributed by atoms with Crippen LogP contribution in [0.2, 0.25) is 0 Å². The van der Waals surface area contributed by atoms with Crippen molar-refractivity contribution >= 4 is 11.8 Å². The summed E-state index contributed by atoms with van der Waals surface area (Å²) in [7, 11) is 0. The summed E-state index contributed by atoms with van der Waals surface area (Å²) in [6, 6.07) is 0. The lowest BCUT2D eigenvalue weighted by atomic mass is 9.81. The average Bonchev–Trinajstić information content (AvgIpc) is 2.35. The molecule has 0 aliphatic heterocycles. The van der Waals surface area contributed by atoms with E-state index in [1.165, 1.54) is 0 Å². The molecule has 0 aromatic heterocycles. The van der Waals surface area contributed by atoms with Crippen LogP contribution in [0.15, 0.2) is 12.7 Å². The molecule has 0 rings (SSSR count). The highest BCUT2D eigenvalue weighted by molar-refractivity contribution is 5.86. The Morgan fingerprint density at radius 3 is 2.42 bits per heavy atom. The summed E-state index contributed by atoms with van der Waals surface area (Å²) < 4.78 is 5.06. The number of unbranched alkanes of at least 4 members (excludes halogenated alkanes) is 3. The van der Waals surface area contributed by atoms with E-state index in [4.69, 9.17) is 4.74 Å². The van der Waals surface area contributed by atoms with Gasteiger partial charge in [0.25, 0.3) is 0 Å². The predicted molar refractivity (Wildman–Crippen MR) is 77.9 cm³/mol. The van der Waals surface area contributed by atoms with E-state index in [1.807, 2.05) is 0 Å². The van der Waals surface area contributed by atoms with Crippen LogP contribution in [-0.2, 0) is 14.3 Å². The molecule has 110 valence electrons. The molecule has 0 aliphatic carbocycles. The maximum Gasteiger partial charge on any atom is 0.312 e.